The van der Waals surface area contributed by atoms with Gasteiger partial charge in [0.1, 0.15) is 17.2 Å². The van der Waals surface area contributed by atoms with Gasteiger partial charge < -0.3 is 9.47 Å². The lowest BCUT2D eigenvalue weighted by molar-refractivity contribution is 0.394. The van der Waals surface area contributed by atoms with Gasteiger partial charge in [0, 0.05) is 24.0 Å². The van der Waals surface area contributed by atoms with Crippen LogP contribution >= 0.6 is 0 Å². The van der Waals surface area contributed by atoms with Crippen LogP contribution in [0.5, 0.6) is 11.5 Å². The Kier molecular flexibility index (Phi) is 3.77. The minimum absolute atomic E-state index is 0.624. The van der Waals surface area contributed by atoms with Crippen molar-refractivity contribution in [3.8, 4) is 23.3 Å². The summed E-state index contributed by atoms with van der Waals surface area (Å²) >= 11 is 0. The Balaban J connectivity index is 2.32. The van der Waals surface area contributed by atoms with Gasteiger partial charge in [-0.25, -0.2) is 4.98 Å². The number of aromatic nitrogens is 2. The van der Waals surface area contributed by atoms with E-state index in [1.54, 1.807) is 38.9 Å². The van der Waals surface area contributed by atoms with Crippen molar-refractivity contribution in [2.75, 3.05) is 14.2 Å². The molecule has 1 aromatic heterocycles. The lowest BCUT2D eigenvalue weighted by Gasteiger charge is -2.04. The average molecular weight is 240 g/mol. The van der Waals surface area contributed by atoms with Crippen molar-refractivity contribution in [2.45, 2.75) is 0 Å². The molecule has 4 heteroatoms. The van der Waals surface area contributed by atoms with Crippen molar-refractivity contribution < 1.29 is 9.47 Å². The molecular formula is C14H12N2O2. The molecule has 0 amide bonds. The quantitative estimate of drug-likeness (QED) is 0.752. The Morgan fingerprint density at radius 2 is 1.67 bits per heavy atom. The Labute approximate surface area is 106 Å². The Bertz CT molecular complexity index is 563. The highest BCUT2D eigenvalue weighted by molar-refractivity contribution is 5.47. The van der Waals surface area contributed by atoms with Crippen molar-refractivity contribution in [1.82, 2.24) is 9.97 Å². The predicted molar refractivity (Wildman–Crippen MR) is 67.6 cm³/mol. The second kappa shape index (κ2) is 5.69. The molecule has 0 aliphatic heterocycles. The van der Waals surface area contributed by atoms with E-state index in [4.69, 9.17) is 9.47 Å². The third-order valence-corrected chi connectivity index (χ3v) is 2.25. The van der Waals surface area contributed by atoms with Crippen LogP contribution in [0.3, 0.4) is 0 Å². The van der Waals surface area contributed by atoms with Crippen LogP contribution in [0.2, 0.25) is 0 Å². The van der Waals surface area contributed by atoms with E-state index in [0.29, 0.717) is 17.2 Å². The maximum absolute atomic E-state index is 5.17. The summed E-state index contributed by atoms with van der Waals surface area (Å²) in [5.74, 6) is 7.34. The molecule has 1 aromatic carbocycles. The summed E-state index contributed by atoms with van der Waals surface area (Å²) in [6, 6.07) is 5.48. The first-order valence-corrected chi connectivity index (χ1v) is 5.33. The highest BCUT2D eigenvalue weighted by atomic mass is 16.5. The van der Waals surface area contributed by atoms with Crippen LogP contribution in [0.25, 0.3) is 0 Å². The number of methoxy groups -OCH3 is 2. The molecule has 18 heavy (non-hydrogen) atoms. The second-order valence-electron chi connectivity index (χ2n) is 3.44. The van der Waals surface area contributed by atoms with E-state index < -0.39 is 0 Å². The fourth-order valence-corrected chi connectivity index (χ4v) is 1.38. The van der Waals surface area contributed by atoms with Crippen molar-refractivity contribution in [1.29, 1.82) is 0 Å². The fraction of sp³-hybridized carbons (Fsp3) is 0.143. The maximum Gasteiger partial charge on any atom is 0.131 e. The SMILES string of the molecule is COc1cc(C#Cc2cnccn2)cc(OC)c1. The van der Waals surface area contributed by atoms with E-state index >= 15 is 0 Å². The number of rotatable bonds is 2. The molecule has 0 saturated heterocycles. The topological polar surface area (TPSA) is 44.2 Å². The number of ether oxygens (including phenoxy) is 2. The van der Waals surface area contributed by atoms with Crippen molar-refractivity contribution >= 4 is 0 Å². The Morgan fingerprint density at radius 1 is 0.944 bits per heavy atom. The van der Waals surface area contributed by atoms with Gasteiger partial charge in [0.25, 0.3) is 0 Å². The molecule has 0 bridgehead atoms. The van der Waals surface area contributed by atoms with Crippen LogP contribution in [-0.2, 0) is 0 Å². The molecule has 0 unspecified atom stereocenters. The lowest BCUT2D eigenvalue weighted by Crippen LogP contribution is -1.89. The van der Waals surface area contributed by atoms with Crippen LogP contribution in [0, 0.1) is 11.8 Å². The standard InChI is InChI=1S/C14H12N2O2/c1-17-13-7-11(8-14(9-13)18-2)3-4-12-10-15-5-6-16-12/h5-10H,1-2H3. The molecule has 0 spiro atoms. The summed E-state index contributed by atoms with van der Waals surface area (Å²) in [6.07, 6.45) is 4.83. The molecule has 1 heterocycles. The van der Waals surface area contributed by atoms with Crippen molar-refractivity contribution in [3.05, 3.63) is 48.0 Å². The molecule has 0 aliphatic rings. The molecule has 0 N–H and O–H groups in total. The Morgan fingerprint density at radius 3 is 2.22 bits per heavy atom. The normalized spacial score (nSPS) is 9.22. The van der Waals surface area contributed by atoms with E-state index in [2.05, 4.69) is 21.8 Å². The van der Waals surface area contributed by atoms with Crippen LogP contribution in [0.4, 0.5) is 0 Å². The van der Waals surface area contributed by atoms with Crippen LogP contribution in [0.1, 0.15) is 11.3 Å². The van der Waals surface area contributed by atoms with Gasteiger partial charge in [-0.15, -0.1) is 0 Å². The second-order valence-corrected chi connectivity index (χ2v) is 3.44. The number of hydrogen-bond donors (Lipinski definition) is 0. The summed E-state index contributed by atoms with van der Waals surface area (Å²) in [5.41, 5.74) is 1.43. The summed E-state index contributed by atoms with van der Waals surface area (Å²) in [6.45, 7) is 0. The molecule has 0 saturated carbocycles. The molecule has 4 nitrogen and oxygen atoms in total. The lowest BCUT2D eigenvalue weighted by atomic mass is 10.2. The molecule has 0 fully saturated rings. The van der Waals surface area contributed by atoms with Gasteiger partial charge >= 0.3 is 0 Å². The molecular weight excluding hydrogens is 228 g/mol. The summed E-state index contributed by atoms with van der Waals surface area (Å²) in [7, 11) is 3.21. The van der Waals surface area contributed by atoms with E-state index in [1.165, 1.54) is 0 Å². The third kappa shape index (κ3) is 2.98. The largest absolute Gasteiger partial charge is 0.497 e. The monoisotopic (exact) mass is 240 g/mol. The van der Waals surface area contributed by atoms with Gasteiger partial charge in [-0.05, 0) is 18.1 Å². The number of benzene rings is 1. The summed E-state index contributed by atoms with van der Waals surface area (Å²) in [5, 5.41) is 0. The first-order valence-electron chi connectivity index (χ1n) is 5.33. The van der Waals surface area contributed by atoms with E-state index in [1.807, 2.05) is 12.1 Å². The minimum atomic E-state index is 0.624. The highest BCUT2D eigenvalue weighted by Gasteiger charge is 1.99. The molecule has 0 atom stereocenters. The first-order chi connectivity index (χ1) is 8.81. The molecule has 2 aromatic rings. The van der Waals surface area contributed by atoms with E-state index in [9.17, 15) is 0 Å². The smallest absolute Gasteiger partial charge is 0.131 e. The summed E-state index contributed by atoms with van der Waals surface area (Å²) < 4.78 is 10.3. The zero-order valence-corrected chi connectivity index (χ0v) is 10.2. The highest BCUT2D eigenvalue weighted by Crippen LogP contribution is 2.21. The molecule has 2 rings (SSSR count). The zero-order valence-electron chi connectivity index (χ0n) is 10.2. The van der Waals surface area contributed by atoms with Crippen molar-refractivity contribution in [2.24, 2.45) is 0 Å². The average Bonchev–Trinajstić information content (AvgIpc) is 2.45. The molecule has 0 aliphatic carbocycles. The van der Waals surface area contributed by atoms with E-state index in [-0.39, 0.29) is 0 Å². The number of nitrogens with zero attached hydrogens (tertiary/aromatic N) is 2. The minimum Gasteiger partial charge on any atom is -0.497 e. The van der Waals surface area contributed by atoms with Gasteiger partial charge in [-0.2, -0.15) is 0 Å². The fourth-order valence-electron chi connectivity index (χ4n) is 1.38. The van der Waals surface area contributed by atoms with Gasteiger partial charge in [-0.1, -0.05) is 5.92 Å². The predicted octanol–water partition coefficient (Wildman–Crippen LogP) is 1.89. The maximum atomic E-state index is 5.17. The third-order valence-electron chi connectivity index (χ3n) is 2.25. The first kappa shape index (κ1) is 11.9. The van der Waals surface area contributed by atoms with Crippen molar-refractivity contribution in [3.63, 3.8) is 0 Å². The summed E-state index contributed by atoms with van der Waals surface area (Å²) in [4.78, 5) is 8.03. The van der Waals surface area contributed by atoms with Gasteiger partial charge in [-0.3, -0.25) is 4.98 Å². The van der Waals surface area contributed by atoms with Crippen LogP contribution < -0.4 is 9.47 Å². The number of hydrogen-bond acceptors (Lipinski definition) is 4. The molecule has 0 radical (unpaired) electrons. The zero-order chi connectivity index (χ0) is 12.8. The van der Waals surface area contributed by atoms with Crippen LogP contribution in [0.15, 0.2) is 36.8 Å². The van der Waals surface area contributed by atoms with Gasteiger partial charge in [0.05, 0.1) is 20.4 Å². The van der Waals surface area contributed by atoms with Gasteiger partial charge in [0.15, 0.2) is 0 Å². The molecule has 90 valence electrons. The van der Waals surface area contributed by atoms with Gasteiger partial charge in [0.2, 0.25) is 0 Å². The van der Waals surface area contributed by atoms with E-state index in [0.717, 1.165) is 5.56 Å². The Hall–Kier alpha value is -2.54. The van der Waals surface area contributed by atoms with Crippen LogP contribution in [-0.4, -0.2) is 24.2 Å².